The van der Waals surface area contributed by atoms with Crippen molar-refractivity contribution in [1.82, 2.24) is 9.55 Å². The Kier molecular flexibility index (Phi) is 5.43. The fourth-order valence-electron chi connectivity index (χ4n) is 3.88. The number of halogens is 1. The maximum atomic E-state index is 13.2. The van der Waals surface area contributed by atoms with Crippen LogP contribution in [-0.2, 0) is 6.54 Å². The summed E-state index contributed by atoms with van der Waals surface area (Å²) >= 11 is 7.68. The van der Waals surface area contributed by atoms with E-state index >= 15 is 0 Å². The summed E-state index contributed by atoms with van der Waals surface area (Å²) in [6, 6.07) is 12.1. The van der Waals surface area contributed by atoms with Gasteiger partial charge >= 0.3 is 0 Å². The summed E-state index contributed by atoms with van der Waals surface area (Å²) < 4.78 is 2.03. The molecule has 6 heteroatoms. The van der Waals surface area contributed by atoms with Crippen LogP contribution >= 0.6 is 22.9 Å². The van der Waals surface area contributed by atoms with Crippen LogP contribution in [0.5, 0.6) is 0 Å². The summed E-state index contributed by atoms with van der Waals surface area (Å²) in [5.74, 6) is -0.151. The molecular formula is C24H24ClN3OS. The lowest BCUT2D eigenvalue weighted by Crippen LogP contribution is -2.17. The standard InChI is InChI=1S/C24H24ClN3OS/c1-6-28-20-10-9-18(25)12-19(20)15(4)22(28)23(29)27-24-26-21(16(5)30-24)17-8-7-13(2)14(3)11-17/h7-12H,6H2,1-5H3,(H,26,27,29). The minimum Gasteiger partial charge on any atom is -0.337 e. The fraction of sp³-hybridized carbons (Fsp3) is 0.250. The molecule has 0 aliphatic heterocycles. The number of aryl methyl sites for hydroxylation is 5. The number of thiazole rings is 1. The second-order valence-corrected chi connectivity index (χ2v) is 9.20. The number of anilines is 1. The van der Waals surface area contributed by atoms with Gasteiger partial charge in [0.25, 0.3) is 5.91 Å². The molecule has 4 aromatic rings. The number of hydrogen-bond acceptors (Lipinski definition) is 3. The van der Waals surface area contributed by atoms with Gasteiger partial charge in [0.15, 0.2) is 5.13 Å². The summed E-state index contributed by atoms with van der Waals surface area (Å²) in [7, 11) is 0. The van der Waals surface area contributed by atoms with Crippen LogP contribution in [0, 0.1) is 27.7 Å². The van der Waals surface area contributed by atoms with Crippen LogP contribution in [0.15, 0.2) is 36.4 Å². The summed E-state index contributed by atoms with van der Waals surface area (Å²) in [5, 5.41) is 5.30. The summed E-state index contributed by atoms with van der Waals surface area (Å²) in [6.07, 6.45) is 0. The smallest absolute Gasteiger partial charge is 0.274 e. The Balaban J connectivity index is 1.70. The van der Waals surface area contributed by atoms with Gasteiger partial charge in [0, 0.05) is 32.9 Å². The molecule has 4 nitrogen and oxygen atoms in total. The van der Waals surface area contributed by atoms with Crippen molar-refractivity contribution in [1.29, 1.82) is 0 Å². The Morgan fingerprint density at radius 3 is 2.57 bits per heavy atom. The lowest BCUT2D eigenvalue weighted by atomic mass is 10.0. The van der Waals surface area contributed by atoms with E-state index in [0.29, 0.717) is 22.4 Å². The number of benzene rings is 2. The van der Waals surface area contributed by atoms with E-state index in [1.54, 1.807) is 0 Å². The molecule has 2 heterocycles. The second-order valence-electron chi connectivity index (χ2n) is 7.56. The van der Waals surface area contributed by atoms with Gasteiger partial charge in [-0.25, -0.2) is 4.98 Å². The van der Waals surface area contributed by atoms with E-state index in [-0.39, 0.29) is 5.91 Å². The molecule has 0 unspecified atom stereocenters. The molecule has 4 rings (SSSR count). The SMILES string of the molecule is CCn1c(C(=O)Nc2nc(-c3ccc(C)c(C)c3)c(C)s2)c(C)c2cc(Cl)ccc21. The third-order valence-corrected chi connectivity index (χ3v) is 6.73. The van der Waals surface area contributed by atoms with E-state index < -0.39 is 0 Å². The van der Waals surface area contributed by atoms with E-state index in [4.69, 9.17) is 16.6 Å². The average Bonchev–Trinajstić information content (AvgIpc) is 3.20. The molecule has 0 saturated carbocycles. The van der Waals surface area contributed by atoms with E-state index in [2.05, 4.69) is 37.4 Å². The van der Waals surface area contributed by atoms with Gasteiger partial charge in [0.1, 0.15) is 5.69 Å². The van der Waals surface area contributed by atoms with Crippen LogP contribution in [-0.4, -0.2) is 15.5 Å². The number of nitrogens with one attached hydrogen (secondary N) is 1. The average molecular weight is 438 g/mol. The van der Waals surface area contributed by atoms with Gasteiger partial charge in [-0.15, -0.1) is 11.3 Å². The lowest BCUT2D eigenvalue weighted by Gasteiger charge is -2.08. The molecule has 2 aromatic heterocycles. The summed E-state index contributed by atoms with van der Waals surface area (Å²) in [5.41, 5.74) is 7.05. The van der Waals surface area contributed by atoms with Crippen molar-refractivity contribution in [3.05, 3.63) is 68.7 Å². The van der Waals surface area contributed by atoms with Crippen LogP contribution in [0.2, 0.25) is 5.02 Å². The molecule has 0 fully saturated rings. The highest BCUT2D eigenvalue weighted by molar-refractivity contribution is 7.16. The third kappa shape index (κ3) is 3.53. The molecule has 0 aliphatic carbocycles. The molecule has 1 amide bonds. The predicted octanol–water partition coefficient (Wildman–Crippen LogP) is 6.92. The van der Waals surface area contributed by atoms with Gasteiger partial charge in [0.05, 0.1) is 5.69 Å². The molecule has 2 aromatic carbocycles. The van der Waals surface area contributed by atoms with Gasteiger partial charge in [-0.2, -0.15) is 0 Å². The zero-order chi connectivity index (χ0) is 21.6. The number of fused-ring (bicyclic) bond motifs is 1. The highest BCUT2D eigenvalue weighted by Crippen LogP contribution is 2.33. The molecule has 0 aliphatic rings. The normalized spacial score (nSPS) is 11.3. The quantitative estimate of drug-likeness (QED) is 0.376. The molecule has 0 atom stereocenters. The van der Waals surface area contributed by atoms with Crippen molar-refractivity contribution in [3.8, 4) is 11.3 Å². The number of nitrogens with zero attached hydrogens (tertiary/aromatic N) is 2. The van der Waals surface area contributed by atoms with Crippen LogP contribution < -0.4 is 5.32 Å². The molecule has 30 heavy (non-hydrogen) atoms. The Morgan fingerprint density at radius 2 is 1.87 bits per heavy atom. The monoisotopic (exact) mass is 437 g/mol. The number of rotatable bonds is 4. The summed E-state index contributed by atoms with van der Waals surface area (Å²) in [4.78, 5) is 19.0. The third-order valence-electron chi connectivity index (χ3n) is 5.61. The Labute approximate surface area is 185 Å². The van der Waals surface area contributed by atoms with E-state index in [9.17, 15) is 4.79 Å². The number of carbonyl (C=O) groups excluding carboxylic acids is 1. The van der Waals surface area contributed by atoms with Gasteiger partial charge in [-0.1, -0.05) is 23.7 Å². The first-order valence-corrected chi connectivity index (χ1v) is 11.1. The Hall–Kier alpha value is -2.63. The number of aromatic nitrogens is 2. The van der Waals surface area contributed by atoms with E-state index in [1.165, 1.54) is 22.5 Å². The van der Waals surface area contributed by atoms with Gasteiger partial charge in [-0.05, 0) is 75.6 Å². The largest absolute Gasteiger partial charge is 0.337 e. The minimum absolute atomic E-state index is 0.151. The Morgan fingerprint density at radius 1 is 1.10 bits per heavy atom. The van der Waals surface area contributed by atoms with Crippen molar-refractivity contribution >= 4 is 44.9 Å². The number of hydrogen-bond donors (Lipinski definition) is 1. The van der Waals surface area contributed by atoms with Crippen LogP contribution in [0.3, 0.4) is 0 Å². The molecule has 0 saturated heterocycles. The van der Waals surface area contributed by atoms with Crippen molar-refractivity contribution < 1.29 is 4.79 Å². The fourth-order valence-corrected chi connectivity index (χ4v) is 4.88. The van der Waals surface area contributed by atoms with Crippen LogP contribution in [0.4, 0.5) is 5.13 Å². The molecule has 1 N–H and O–H groups in total. The molecule has 0 radical (unpaired) electrons. The molecule has 0 bridgehead atoms. The van der Waals surface area contributed by atoms with E-state index in [0.717, 1.165) is 32.6 Å². The first kappa shape index (κ1) is 20.6. The maximum Gasteiger partial charge on any atom is 0.274 e. The van der Waals surface area contributed by atoms with E-state index in [1.807, 2.05) is 43.5 Å². The highest BCUT2D eigenvalue weighted by atomic mass is 35.5. The van der Waals surface area contributed by atoms with Crippen molar-refractivity contribution in [2.75, 3.05) is 5.32 Å². The molecule has 154 valence electrons. The first-order chi connectivity index (χ1) is 14.3. The number of carbonyl (C=O) groups is 1. The minimum atomic E-state index is -0.151. The van der Waals surface area contributed by atoms with Gasteiger partial charge in [0.2, 0.25) is 0 Å². The summed E-state index contributed by atoms with van der Waals surface area (Å²) in [6.45, 7) is 10.9. The zero-order valence-electron chi connectivity index (χ0n) is 17.8. The number of amides is 1. The second kappa shape index (κ2) is 7.89. The highest BCUT2D eigenvalue weighted by Gasteiger charge is 2.21. The zero-order valence-corrected chi connectivity index (χ0v) is 19.3. The van der Waals surface area contributed by atoms with Crippen LogP contribution in [0.25, 0.3) is 22.2 Å². The maximum absolute atomic E-state index is 13.2. The Bertz CT molecular complexity index is 1290. The van der Waals surface area contributed by atoms with Crippen LogP contribution in [0.1, 0.15) is 39.0 Å². The molecule has 0 spiro atoms. The van der Waals surface area contributed by atoms with Gasteiger partial charge < -0.3 is 4.57 Å². The topological polar surface area (TPSA) is 46.9 Å². The van der Waals surface area contributed by atoms with Crippen molar-refractivity contribution in [3.63, 3.8) is 0 Å². The van der Waals surface area contributed by atoms with Gasteiger partial charge in [-0.3, -0.25) is 10.1 Å². The van der Waals surface area contributed by atoms with Crippen molar-refractivity contribution in [2.24, 2.45) is 0 Å². The lowest BCUT2D eigenvalue weighted by molar-refractivity contribution is 0.101. The predicted molar refractivity (Wildman–Crippen MR) is 127 cm³/mol. The molecular weight excluding hydrogens is 414 g/mol. The van der Waals surface area contributed by atoms with Crippen molar-refractivity contribution in [2.45, 2.75) is 41.2 Å². The first-order valence-electron chi connectivity index (χ1n) is 9.95.